The molecule has 32 heavy (non-hydrogen) atoms. The molecule has 0 radical (unpaired) electrons. The van der Waals surface area contributed by atoms with Crippen molar-refractivity contribution in [1.29, 1.82) is 0 Å². The van der Waals surface area contributed by atoms with Crippen LogP contribution >= 0.6 is 0 Å². The summed E-state index contributed by atoms with van der Waals surface area (Å²) in [4.78, 5) is 16.7. The highest BCUT2D eigenvalue weighted by molar-refractivity contribution is 5.85. The van der Waals surface area contributed by atoms with Crippen molar-refractivity contribution in [2.75, 3.05) is 26.9 Å². The lowest BCUT2D eigenvalue weighted by Gasteiger charge is -2.18. The van der Waals surface area contributed by atoms with E-state index in [1.807, 2.05) is 36.4 Å². The minimum absolute atomic E-state index is 0.195. The Hall–Kier alpha value is -4.07. The van der Waals surface area contributed by atoms with E-state index in [0.29, 0.717) is 42.7 Å². The topological polar surface area (TPSA) is 84.7 Å². The Labute approximate surface area is 183 Å². The van der Waals surface area contributed by atoms with Crippen molar-refractivity contribution >= 4 is 10.9 Å². The molecule has 4 aromatic rings. The number of methoxy groups -OCH3 is 1. The van der Waals surface area contributed by atoms with Crippen molar-refractivity contribution in [3.63, 3.8) is 0 Å². The van der Waals surface area contributed by atoms with Crippen LogP contribution in [0.1, 0.15) is 0 Å². The molecule has 1 aliphatic rings. The Morgan fingerprint density at radius 2 is 1.88 bits per heavy atom. The molecule has 8 heteroatoms. The highest BCUT2D eigenvalue weighted by Crippen LogP contribution is 2.33. The van der Waals surface area contributed by atoms with Crippen LogP contribution in [0.2, 0.25) is 0 Å². The minimum Gasteiger partial charge on any atom is -0.497 e. The van der Waals surface area contributed by atoms with Gasteiger partial charge in [-0.15, -0.1) is 0 Å². The average molecular weight is 431 g/mol. The third kappa shape index (κ3) is 3.94. The van der Waals surface area contributed by atoms with E-state index >= 15 is 0 Å². The summed E-state index contributed by atoms with van der Waals surface area (Å²) in [7, 11) is 1.62. The molecule has 3 heterocycles. The SMILES string of the molecule is COc1ccc2c(OCCn3nc(-c4ccc5c(c4)OCCO5)ccc3=O)ccnc2c1. The zero-order chi connectivity index (χ0) is 21.9. The average Bonchev–Trinajstić information content (AvgIpc) is 2.84. The van der Waals surface area contributed by atoms with Crippen LogP contribution in [0.15, 0.2) is 65.6 Å². The Balaban J connectivity index is 1.33. The predicted molar refractivity (Wildman–Crippen MR) is 119 cm³/mol. The standard InChI is InChI=1S/C24H21N3O5/c1-29-17-3-4-18-20(15-17)25-9-8-21(18)30-11-10-27-24(28)7-5-19(26-27)16-2-6-22-23(14-16)32-13-12-31-22/h2-9,14-15H,10-13H2,1H3. The van der Waals surface area contributed by atoms with Gasteiger partial charge in [0, 0.05) is 29.3 Å². The van der Waals surface area contributed by atoms with Crippen molar-refractivity contribution in [2.24, 2.45) is 0 Å². The Morgan fingerprint density at radius 3 is 2.75 bits per heavy atom. The summed E-state index contributed by atoms with van der Waals surface area (Å²) in [6.45, 7) is 1.63. The summed E-state index contributed by atoms with van der Waals surface area (Å²) in [5.74, 6) is 2.81. The van der Waals surface area contributed by atoms with E-state index < -0.39 is 0 Å². The molecule has 2 aromatic heterocycles. The van der Waals surface area contributed by atoms with Gasteiger partial charge in [0.1, 0.15) is 31.3 Å². The van der Waals surface area contributed by atoms with Gasteiger partial charge in [0.2, 0.25) is 0 Å². The summed E-state index contributed by atoms with van der Waals surface area (Å²) in [5.41, 5.74) is 2.10. The molecule has 0 saturated carbocycles. The van der Waals surface area contributed by atoms with E-state index in [4.69, 9.17) is 18.9 Å². The molecule has 0 saturated heterocycles. The third-order valence-corrected chi connectivity index (χ3v) is 5.18. The van der Waals surface area contributed by atoms with Crippen LogP contribution in [0.5, 0.6) is 23.0 Å². The monoisotopic (exact) mass is 431 g/mol. The molecule has 0 amide bonds. The molecule has 162 valence electrons. The van der Waals surface area contributed by atoms with Crippen LogP contribution in [0, 0.1) is 0 Å². The van der Waals surface area contributed by atoms with Gasteiger partial charge in [0.15, 0.2) is 11.5 Å². The number of benzene rings is 2. The van der Waals surface area contributed by atoms with Crippen LogP contribution in [-0.2, 0) is 6.54 Å². The quantitative estimate of drug-likeness (QED) is 0.463. The fraction of sp³-hybridized carbons (Fsp3) is 0.208. The molecule has 0 fully saturated rings. The number of aromatic nitrogens is 3. The molecule has 0 bridgehead atoms. The van der Waals surface area contributed by atoms with Gasteiger partial charge < -0.3 is 18.9 Å². The van der Waals surface area contributed by atoms with Crippen molar-refractivity contribution in [3.05, 3.63) is 71.1 Å². The smallest absolute Gasteiger partial charge is 0.266 e. The van der Waals surface area contributed by atoms with Gasteiger partial charge in [0.05, 0.1) is 24.9 Å². The summed E-state index contributed by atoms with van der Waals surface area (Å²) < 4.78 is 23.8. The van der Waals surface area contributed by atoms with E-state index in [9.17, 15) is 4.79 Å². The first-order valence-corrected chi connectivity index (χ1v) is 10.2. The molecule has 1 aliphatic heterocycles. The normalized spacial score (nSPS) is 12.5. The molecule has 0 N–H and O–H groups in total. The van der Waals surface area contributed by atoms with Crippen molar-refractivity contribution in [1.82, 2.24) is 14.8 Å². The maximum Gasteiger partial charge on any atom is 0.266 e. The molecule has 0 spiro atoms. The van der Waals surface area contributed by atoms with Gasteiger partial charge in [-0.3, -0.25) is 9.78 Å². The largest absolute Gasteiger partial charge is 0.497 e. The van der Waals surface area contributed by atoms with Crippen LogP contribution in [0.4, 0.5) is 0 Å². The van der Waals surface area contributed by atoms with E-state index in [0.717, 1.165) is 22.2 Å². The van der Waals surface area contributed by atoms with Crippen molar-refractivity contribution in [2.45, 2.75) is 6.54 Å². The maximum absolute atomic E-state index is 12.3. The Morgan fingerprint density at radius 1 is 1.00 bits per heavy atom. The van der Waals surface area contributed by atoms with E-state index in [2.05, 4.69) is 10.1 Å². The summed E-state index contributed by atoms with van der Waals surface area (Å²) in [6, 6.07) is 16.3. The highest BCUT2D eigenvalue weighted by atomic mass is 16.6. The summed E-state index contributed by atoms with van der Waals surface area (Å²) >= 11 is 0. The van der Waals surface area contributed by atoms with E-state index in [1.54, 1.807) is 25.4 Å². The van der Waals surface area contributed by atoms with E-state index in [1.165, 1.54) is 10.7 Å². The van der Waals surface area contributed by atoms with Crippen LogP contribution in [0.3, 0.4) is 0 Å². The second-order valence-electron chi connectivity index (χ2n) is 7.18. The van der Waals surface area contributed by atoms with Gasteiger partial charge in [-0.1, -0.05) is 0 Å². The zero-order valence-corrected chi connectivity index (χ0v) is 17.5. The number of fused-ring (bicyclic) bond motifs is 2. The van der Waals surface area contributed by atoms with Crippen molar-refractivity contribution in [3.8, 4) is 34.3 Å². The molecular weight excluding hydrogens is 410 g/mol. The third-order valence-electron chi connectivity index (χ3n) is 5.18. The fourth-order valence-corrected chi connectivity index (χ4v) is 3.56. The van der Waals surface area contributed by atoms with Crippen LogP contribution in [0.25, 0.3) is 22.2 Å². The number of rotatable bonds is 6. The molecule has 2 aromatic carbocycles. The Bertz CT molecular complexity index is 1340. The number of pyridine rings is 1. The number of nitrogens with zero attached hydrogens (tertiary/aromatic N) is 3. The lowest BCUT2D eigenvalue weighted by atomic mass is 10.1. The number of ether oxygens (including phenoxy) is 4. The van der Waals surface area contributed by atoms with Gasteiger partial charge in [0.25, 0.3) is 5.56 Å². The predicted octanol–water partition coefficient (Wildman–Crippen LogP) is 3.32. The number of hydrogen-bond donors (Lipinski definition) is 0. The molecule has 5 rings (SSSR count). The van der Waals surface area contributed by atoms with Gasteiger partial charge >= 0.3 is 0 Å². The first kappa shape index (κ1) is 19.9. The van der Waals surface area contributed by atoms with Crippen LogP contribution in [-0.4, -0.2) is 41.7 Å². The zero-order valence-electron chi connectivity index (χ0n) is 17.5. The van der Waals surface area contributed by atoms with Gasteiger partial charge in [-0.2, -0.15) is 5.10 Å². The number of hydrogen-bond acceptors (Lipinski definition) is 7. The first-order chi connectivity index (χ1) is 15.7. The molecular formula is C24H21N3O5. The van der Waals surface area contributed by atoms with Gasteiger partial charge in [-0.05, 0) is 42.5 Å². The second-order valence-corrected chi connectivity index (χ2v) is 7.18. The highest BCUT2D eigenvalue weighted by Gasteiger charge is 2.13. The minimum atomic E-state index is -0.195. The Kier molecular flexibility index (Phi) is 5.33. The maximum atomic E-state index is 12.3. The molecule has 0 aliphatic carbocycles. The molecule has 0 atom stereocenters. The lowest BCUT2D eigenvalue weighted by Crippen LogP contribution is -2.25. The lowest BCUT2D eigenvalue weighted by molar-refractivity contribution is 0.171. The molecule has 0 unspecified atom stereocenters. The second kappa shape index (κ2) is 8.58. The van der Waals surface area contributed by atoms with Crippen LogP contribution < -0.4 is 24.5 Å². The first-order valence-electron chi connectivity index (χ1n) is 10.2. The van der Waals surface area contributed by atoms with Crippen molar-refractivity contribution < 1.29 is 18.9 Å². The van der Waals surface area contributed by atoms with E-state index in [-0.39, 0.29) is 12.2 Å². The fourth-order valence-electron chi connectivity index (χ4n) is 3.56. The summed E-state index contributed by atoms with van der Waals surface area (Å²) in [5, 5.41) is 5.38. The summed E-state index contributed by atoms with van der Waals surface area (Å²) in [6.07, 6.45) is 1.68. The molecule has 8 nitrogen and oxygen atoms in total. The van der Waals surface area contributed by atoms with Gasteiger partial charge in [-0.25, -0.2) is 4.68 Å².